The number of nitrogens with two attached hydrogens (primary N) is 1. The van der Waals surface area contributed by atoms with E-state index in [0.717, 1.165) is 0 Å². The van der Waals surface area contributed by atoms with Crippen LogP contribution in [0.2, 0.25) is 0 Å². The maximum atomic E-state index is 10.8. The Morgan fingerprint density at radius 3 is 2.38 bits per heavy atom. The zero-order chi connectivity index (χ0) is 10.1. The van der Waals surface area contributed by atoms with E-state index in [4.69, 9.17) is 15.5 Å². The molecule has 1 atom stereocenters. The van der Waals surface area contributed by atoms with Crippen molar-refractivity contribution in [1.82, 2.24) is 0 Å². The third kappa shape index (κ3) is 2.62. The number of hydrogen-bond acceptors (Lipinski definition) is 2. The van der Waals surface area contributed by atoms with Crippen molar-refractivity contribution >= 4 is 23.5 Å². The first-order valence-corrected chi connectivity index (χ1v) is 5.95. The number of hydrogen-bond donors (Lipinski definition) is 3. The van der Waals surface area contributed by atoms with Gasteiger partial charge in [0.15, 0.2) is 0 Å². The summed E-state index contributed by atoms with van der Waals surface area (Å²) in [6, 6.07) is 6.69. The molecule has 0 amide bonds. The summed E-state index contributed by atoms with van der Waals surface area (Å²) in [4.78, 5) is 17.7. The highest BCUT2D eigenvalue weighted by Crippen LogP contribution is 2.49. The van der Waals surface area contributed by atoms with Gasteiger partial charge in [0, 0.05) is 4.47 Å². The van der Waals surface area contributed by atoms with Crippen molar-refractivity contribution in [2.45, 2.75) is 5.78 Å². The number of rotatable bonds is 2. The van der Waals surface area contributed by atoms with Crippen LogP contribution in [0.25, 0.3) is 0 Å². The van der Waals surface area contributed by atoms with Gasteiger partial charge in [-0.25, -0.2) is 0 Å². The molecule has 72 valence electrons. The van der Waals surface area contributed by atoms with Gasteiger partial charge in [-0.1, -0.05) is 34.1 Å². The lowest BCUT2D eigenvalue weighted by molar-refractivity contribution is 0.359. The molecule has 0 bridgehead atoms. The van der Waals surface area contributed by atoms with Crippen molar-refractivity contribution in [2.75, 3.05) is 0 Å². The van der Waals surface area contributed by atoms with Crippen LogP contribution in [0.1, 0.15) is 11.3 Å². The van der Waals surface area contributed by atoms with Crippen LogP contribution in [0.3, 0.4) is 0 Å². The highest BCUT2D eigenvalue weighted by molar-refractivity contribution is 9.10. The molecule has 0 aromatic heterocycles. The van der Waals surface area contributed by atoms with Crippen LogP contribution in [0, 0.1) is 0 Å². The van der Waals surface area contributed by atoms with E-state index in [1.54, 1.807) is 24.3 Å². The van der Waals surface area contributed by atoms with Crippen molar-refractivity contribution in [3.05, 3.63) is 34.3 Å². The van der Waals surface area contributed by atoms with Crippen molar-refractivity contribution in [2.24, 2.45) is 5.73 Å². The van der Waals surface area contributed by atoms with Gasteiger partial charge >= 0.3 is 7.60 Å². The molecule has 1 rings (SSSR count). The zero-order valence-electron chi connectivity index (χ0n) is 6.59. The Morgan fingerprint density at radius 1 is 1.38 bits per heavy atom. The Morgan fingerprint density at radius 2 is 1.92 bits per heavy atom. The van der Waals surface area contributed by atoms with E-state index in [-0.39, 0.29) is 0 Å². The molecule has 0 unspecified atom stereocenters. The molecule has 13 heavy (non-hydrogen) atoms. The molecule has 0 saturated heterocycles. The Balaban J connectivity index is 3.09. The molecule has 0 heterocycles. The van der Waals surface area contributed by atoms with Gasteiger partial charge in [0.05, 0.1) is 0 Å². The van der Waals surface area contributed by atoms with Gasteiger partial charge in [-0.3, -0.25) is 4.57 Å². The summed E-state index contributed by atoms with van der Waals surface area (Å²) >= 11 is 3.17. The van der Waals surface area contributed by atoms with E-state index in [0.29, 0.717) is 10.0 Å². The summed E-state index contributed by atoms with van der Waals surface area (Å²) in [6.45, 7) is 0. The molecule has 4 N–H and O–H groups in total. The molecular weight excluding hydrogens is 257 g/mol. The monoisotopic (exact) mass is 265 g/mol. The quantitative estimate of drug-likeness (QED) is 0.709. The van der Waals surface area contributed by atoms with Crippen molar-refractivity contribution in [1.29, 1.82) is 0 Å². The van der Waals surface area contributed by atoms with Crippen LogP contribution in [-0.2, 0) is 4.57 Å². The van der Waals surface area contributed by atoms with Crippen LogP contribution in [-0.4, -0.2) is 9.79 Å². The molecule has 0 fully saturated rings. The van der Waals surface area contributed by atoms with E-state index in [1.165, 1.54) is 0 Å². The smallest absolute Gasteiger partial charge is 0.323 e. The number of benzene rings is 1. The van der Waals surface area contributed by atoms with Gasteiger partial charge in [-0.15, -0.1) is 0 Å². The second-order valence-corrected chi connectivity index (χ2v) is 5.14. The van der Waals surface area contributed by atoms with Crippen LogP contribution in [0.15, 0.2) is 28.7 Å². The van der Waals surface area contributed by atoms with E-state index in [1.807, 2.05) is 0 Å². The lowest BCUT2D eigenvalue weighted by Gasteiger charge is -2.14. The van der Waals surface area contributed by atoms with E-state index in [2.05, 4.69) is 15.9 Å². The van der Waals surface area contributed by atoms with Gasteiger partial charge in [-0.05, 0) is 11.6 Å². The fourth-order valence-electron chi connectivity index (χ4n) is 0.896. The SMILES string of the molecule is N[C@H](c1ccccc1Br)P(=O)(O)O. The average Bonchev–Trinajstić information content (AvgIpc) is 2.02. The van der Waals surface area contributed by atoms with Crippen LogP contribution in [0.4, 0.5) is 0 Å². The largest absolute Gasteiger partial charge is 0.346 e. The molecule has 1 aromatic carbocycles. The van der Waals surface area contributed by atoms with Gasteiger partial charge < -0.3 is 15.5 Å². The standard InChI is InChI=1S/C7H9BrNO3P/c8-6-4-2-1-3-5(6)7(9)13(10,11)12/h1-4,7H,9H2,(H2,10,11,12)/t7-/m0/s1. The third-order valence-electron chi connectivity index (χ3n) is 1.59. The second-order valence-electron chi connectivity index (χ2n) is 2.56. The van der Waals surface area contributed by atoms with Crippen molar-refractivity contribution in [3.8, 4) is 0 Å². The fraction of sp³-hybridized carbons (Fsp3) is 0.143. The summed E-state index contributed by atoms with van der Waals surface area (Å²) in [5.41, 5.74) is 5.79. The Labute approximate surface area is 84.1 Å². The van der Waals surface area contributed by atoms with Crippen molar-refractivity contribution < 1.29 is 14.4 Å². The molecule has 0 spiro atoms. The second kappa shape index (κ2) is 3.90. The highest BCUT2D eigenvalue weighted by atomic mass is 79.9. The normalized spacial score (nSPS) is 14.2. The predicted octanol–water partition coefficient (Wildman–Crippen LogP) is 1.58. The molecule has 0 aliphatic heterocycles. The molecular formula is C7H9BrNO3P. The molecule has 0 aliphatic carbocycles. The van der Waals surface area contributed by atoms with Crippen LogP contribution >= 0.6 is 23.5 Å². The third-order valence-corrected chi connectivity index (χ3v) is 3.31. The fourth-order valence-corrected chi connectivity index (χ4v) is 2.19. The minimum absolute atomic E-state index is 0.413. The van der Waals surface area contributed by atoms with Gasteiger partial charge in [0.1, 0.15) is 5.78 Å². The molecule has 1 aromatic rings. The maximum Gasteiger partial charge on any atom is 0.346 e. The minimum atomic E-state index is -4.26. The van der Waals surface area contributed by atoms with Crippen molar-refractivity contribution in [3.63, 3.8) is 0 Å². The minimum Gasteiger partial charge on any atom is -0.323 e. The average molecular weight is 266 g/mol. The van der Waals surface area contributed by atoms with Gasteiger partial charge in [0.25, 0.3) is 0 Å². The Hall–Kier alpha value is -0.190. The molecule has 0 aliphatic rings. The molecule has 6 heteroatoms. The summed E-state index contributed by atoms with van der Waals surface area (Å²) in [6.07, 6.45) is 0. The lowest BCUT2D eigenvalue weighted by atomic mass is 10.2. The molecule has 4 nitrogen and oxygen atoms in total. The zero-order valence-corrected chi connectivity index (χ0v) is 9.07. The first kappa shape index (κ1) is 10.9. The summed E-state index contributed by atoms with van der Waals surface area (Å²) in [7, 11) is -4.26. The molecule has 0 saturated carbocycles. The highest BCUT2D eigenvalue weighted by Gasteiger charge is 2.27. The van der Waals surface area contributed by atoms with E-state index in [9.17, 15) is 4.57 Å². The predicted molar refractivity (Wildman–Crippen MR) is 53.1 cm³/mol. The van der Waals surface area contributed by atoms with Crippen LogP contribution in [0.5, 0.6) is 0 Å². The van der Waals surface area contributed by atoms with Gasteiger partial charge in [-0.2, -0.15) is 0 Å². The Kier molecular flexibility index (Phi) is 3.27. The topological polar surface area (TPSA) is 83.6 Å². The number of halogens is 1. The van der Waals surface area contributed by atoms with Crippen LogP contribution < -0.4 is 5.73 Å². The van der Waals surface area contributed by atoms with E-state index < -0.39 is 13.4 Å². The van der Waals surface area contributed by atoms with Gasteiger partial charge in [0.2, 0.25) is 0 Å². The Bertz CT molecular complexity index is 351. The van der Waals surface area contributed by atoms with E-state index >= 15 is 0 Å². The first-order valence-electron chi connectivity index (χ1n) is 3.48. The summed E-state index contributed by atoms with van der Waals surface area (Å²) in [5, 5.41) is 0. The first-order chi connectivity index (χ1) is 5.93. The summed E-state index contributed by atoms with van der Waals surface area (Å²) in [5.74, 6) is -1.26. The maximum absolute atomic E-state index is 10.8. The molecule has 0 radical (unpaired) electrons. The summed E-state index contributed by atoms with van der Waals surface area (Å²) < 4.78 is 11.4. The lowest BCUT2D eigenvalue weighted by Crippen LogP contribution is -2.10.